The third-order valence-electron chi connectivity index (χ3n) is 3.02. The summed E-state index contributed by atoms with van der Waals surface area (Å²) in [7, 11) is 1.70. The molecule has 0 aliphatic carbocycles. The number of fused-ring (bicyclic) bond motifs is 1. The van der Waals surface area contributed by atoms with Crippen LogP contribution in [-0.2, 0) is 17.8 Å². The molecule has 0 saturated heterocycles. The Morgan fingerprint density at radius 1 is 1.24 bits per heavy atom. The average Bonchev–Trinajstić information content (AvgIpc) is 2.76. The fourth-order valence-corrected chi connectivity index (χ4v) is 2.11. The Hall–Kier alpha value is -1.10. The van der Waals surface area contributed by atoms with Crippen LogP contribution < -0.4 is 10.5 Å². The van der Waals surface area contributed by atoms with E-state index in [1.54, 1.807) is 7.11 Å². The largest absolute Gasteiger partial charge is 0.497 e. The van der Waals surface area contributed by atoms with Crippen LogP contribution in [0.4, 0.5) is 0 Å². The van der Waals surface area contributed by atoms with Crippen molar-refractivity contribution in [2.45, 2.75) is 13.1 Å². The molecule has 2 N–H and O–H groups in total. The predicted octanol–water partition coefficient (Wildman–Crippen LogP) is 0.986. The summed E-state index contributed by atoms with van der Waals surface area (Å²) in [6, 6.07) is 6.29. The Bertz CT molecular complexity index is 368. The molecule has 0 aromatic heterocycles. The summed E-state index contributed by atoms with van der Waals surface area (Å²) in [5, 5.41) is 0. The molecule has 0 bridgehead atoms. The standard InChI is InChI=1S/C13H20N2O2/c1-16-13-3-2-11-9-15(10-12(11)8-13)5-7-17-6-4-14/h2-3,8H,4-7,9-10,14H2,1H3. The molecule has 1 aliphatic rings. The summed E-state index contributed by atoms with van der Waals surface area (Å²) in [6.45, 7) is 4.94. The number of nitrogens with two attached hydrogens (primary N) is 1. The molecule has 2 rings (SSSR count). The van der Waals surface area contributed by atoms with Gasteiger partial charge in [-0.05, 0) is 23.3 Å². The van der Waals surface area contributed by atoms with E-state index in [0.717, 1.165) is 32.0 Å². The first kappa shape index (κ1) is 12.4. The summed E-state index contributed by atoms with van der Waals surface area (Å²) in [4.78, 5) is 2.38. The third-order valence-corrected chi connectivity index (χ3v) is 3.02. The minimum Gasteiger partial charge on any atom is -0.497 e. The number of hydrogen-bond acceptors (Lipinski definition) is 4. The predicted molar refractivity (Wildman–Crippen MR) is 67.0 cm³/mol. The minimum atomic E-state index is 0.595. The van der Waals surface area contributed by atoms with Gasteiger partial charge < -0.3 is 15.2 Å². The average molecular weight is 236 g/mol. The number of ether oxygens (including phenoxy) is 2. The zero-order valence-corrected chi connectivity index (χ0v) is 10.3. The van der Waals surface area contributed by atoms with Gasteiger partial charge >= 0.3 is 0 Å². The molecule has 0 atom stereocenters. The quantitative estimate of drug-likeness (QED) is 0.748. The van der Waals surface area contributed by atoms with Crippen LogP contribution in [-0.4, -0.2) is 38.3 Å². The van der Waals surface area contributed by atoms with Crippen LogP contribution in [0, 0.1) is 0 Å². The lowest BCUT2D eigenvalue weighted by Gasteiger charge is -2.14. The normalized spacial score (nSPS) is 14.9. The lowest BCUT2D eigenvalue weighted by Crippen LogP contribution is -2.23. The Morgan fingerprint density at radius 3 is 2.82 bits per heavy atom. The number of benzene rings is 1. The van der Waals surface area contributed by atoms with Gasteiger partial charge in [-0.25, -0.2) is 0 Å². The molecule has 94 valence electrons. The molecule has 1 heterocycles. The Balaban J connectivity index is 1.84. The fraction of sp³-hybridized carbons (Fsp3) is 0.538. The van der Waals surface area contributed by atoms with Gasteiger partial charge in [0, 0.05) is 26.2 Å². The number of nitrogens with zero attached hydrogens (tertiary/aromatic N) is 1. The molecule has 1 aromatic rings. The van der Waals surface area contributed by atoms with E-state index in [1.165, 1.54) is 11.1 Å². The molecule has 4 nitrogen and oxygen atoms in total. The fourth-order valence-electron chi connectivity index (χ4n) is 2.11. The van der Waals surface area contributed by atoms with Crippen LogP contribution in [0.2, 0.25) is 0 Å². The summed E-state index contributed by atoms with van der Waals surface area (Å²) < 4.78 is 10.6. The highest BCUT2D eigenvalue weighted by atomic mass is 16.5. The van der Waals surface area contributed by atoms with Gasteiger partial charge in [-0.3, -0.25) is 4.90 Å². The highest BCUT2D eigenvalue weighted by molar-refractivity contribution is 5.37. The van der Waals surface area contributed by atoms with Crippen LogP contribution in [0.5, 0.6) is 5.75 Å². The maximum atomic E-state index is 5.40. The number of hydrogen-bond donors (Lipinski definition) is 1. The van der Waals surface area contributed by atoms with Crippen LogP contribution in [0.1, 0.15) is 11.1 Å². The van der Waals surface area contributed by atoms with E-state index >= 15 is 0 Å². The maximum Gasteiger partial charge on any atom is 0.119 e. The Labute approximate surface area is 102 Å². The van der Waals surface area contributed by atoms with E-state index in [4.69, 9.17) is 15.2 Å². The first-order valence-electron chi connectivity index (χ1n) is 5.99. The molecule has 0 saturated carbocycles. The first-order valence-corrected chi connectivity index (χ1v) is 5.99. The first-order chi connectivity index (χ1) is 8.33. The van der Waals surface area contributed by atoms with Gasteiger partial charge in [0.2, 0.25) is 0 Å². The molecule has 0 unspecified atom stereocenters. The molecule has 1 aromatic carbocycles. The van der Waals surface area contributed by atoms with Gasteiger partial charge in [-0.2, -0.15) is 0 Å². The minimum absolute atomic E-state index is 0.595. The van der Waals surface area contributed by atoms with E-state index in [-0.39, 0.29) is 0 Å². The molecule has 17 heavy (non-hydrogen) atoms. The van der Waals surface area contributed by atoms with Crippen molar-refractivity contribution >= 4 is 0 Å². The van der Waals surface area contributed by atoms with Crippen LogP contribution in [0.3, 0.4) is 0 Å². The van der Waals surface area contributed by atoms with Crippen molar-refractivity contribution in [1.82, 2.24) is 4.90 Å². The van der Waals surface area contributed by atoms with E-state index < -0.39 is 0 Å². The second-order valence-corrected chi connectivity index (χ2v) is 4.25. The molecule has 0 radical (unpaired) electrons. The van der Waals surface area contributed by atoms with Gasteiger partial charge in [0.05, 0.1) is 20.3 Å². The number of rotatable bonds is 6. The molecular weight excluding hydrogens is 216 g/mol. The monoisotopic (exact) mass is 236 g/mol. The van der Waals surface area contributed by atoms with Crippen molar-refractivity contribution in [3.63, 3.8) is 0 Å². The second kappa shape index (κ2) is 6.00. The third kappa shape index (κ3) is 3.19. The van der Waals surface area contributed by atoms with Crippen molar-refractivity contribution in [2.24, 2.45) is 5.73 Å². The van der Waals surface area contributed by atoms with Crippen molar-refractivity contribution in [3.05, 3.63) is 29.3 Å². The lowest BCUT2D eigenvalue weighted by molar-refractivity contribution is 0.108. The highest BCUT2D eigenvalue weighted by Gasteiger charge is 2.18. The van der Waals surface area contributed by atoms with Crippen LogP contribution >= 0.6 is 0 Å². The summed E-state index contributed by atoms with van der Waals surface area (Å²) in [5.74, 6) is 0.935. The Morgan fingerprint density at radius 2 is 2.06 bits per heavy atom. The van der Waals surface area contributed by atoms with Crippen molar-refractivity contribution in [3.8, 4) is 5.75 Å². The van der Waals surface area contributed by atoms with Crippen molar-refractivity contribution in [2.75, 3.05) is 33.4 Å². The van der Waals surface area contributed by atoms with E-state index in [0.29, 0.717) is 13.2 Å². The van der Waals surface area contributed by atoms with E-state index in [9.17, 15) is 0 Å². The van der Waals surface area contributed by atoms with Gasteiger partial charge in [0.25, 0.3) is 0 Å². The zero-order valence-electron chi connectivity index (χ0n) is 10.3. The summed E-state index contributed by atoms with van der Waals surface area (Å²) in [5.41, 5.74) is 8.13. The zero-order chi connectivity index (χ0) is 12.1. The van der Waals surface area contributed by atoms with Crippen LogP contribution in [0.15, 0.2) is 18.2 Å². The molecule has 4 heteroatoms. The SMILES string of the molecule is COc1ccc2c(c1)CN(CCOCCN)C2. The second-order valence-electron chi connectivity index (χ2n) is 4.25. The summed E-state index contributed by atoms with van der Waals surface area (Å²) in [6.07, 6.45) is 0. The van der Waals surface area contributed by atoms with E-state index in [2.05, 4.69) is 17.0 Å². The maximum absolute atomic E-state index is 5.40. The summed E-state index contributed by atoms with van der Waals surface area (Å²) >= 11 is 0. The van der Waals surface area contributed by atoms with Gasteiger partial charge in [0.1, 0.15) is 5.75 Å². The topological polar surface area (TPSA) is 47.7 Å². The Kier molecular flexibility index (Phi) is 4.36. The molecule has 0 spiro atoms. The van der Waals surface area contributed by atoms with Gasteiger partial charge in [0.15, 0.2) is 0 Å². The molecular formula is C13H20N2O2. The smallest absolute Gasteiger partial charge is 0.119 e. The molecule has 1 aliphatic heterocycles. The lowest BCUT2D eigenvalue weighted by atomic mass is 10.1. The van der Waals surface area contributed by atoms with Crippen molar-refractivity contribution < 1.29 is 9.47 Å². The van der Waals surface area contributed by atoms with Gasteiger partial charge in [-0.1, -0.05) is 6.07 Å². The van der Waals surface area contributed by atoms with Crippen molar-refractivity contribution in [1.29, 1.82) is 0 Å². The molecule has 0 fully saturated rings. The highest BCUT2D eigenvalue weighted by Crippen LogP contribution is 2.26. The number of methoxy groups -OCH3 is 1. The van der Waals surface area contributed by atoms with Gasteiger partial charge in [-0.15, -0.1) is 0 Å². The van der Waals surface area contributed by atoms with E-state index in [1.807, 2.05) is 6.07 Å². The molecule has 0 amide bonds. The van der Waals surface area contributed by atoms with Crippen LogP contribution in [0.25, 0.3) is 0 Å².